The highest BCUT2D eigenvalue weighted by Gasteiger charge is 2.16. The molecule has 0 radical (unpaired) electrons. The van der Waals surface area contributed by atoms with Crippen LogP contribution in [0.2, 0.25) is 0 Å². The van der Waals surface area contributed by atoms with Crippen molar-refractivity contribution in [2.75, 3.05) is 17.7 Å². The van der Waals surface area contributed by atoms with E-state index in [1.54, 1.807) is 54.6 Å². The van der Waals surface area contributed by atoms with Crippen LogP contribution in [-0.4, -0.2) is 35.1 Å². The minimum atomic E-state index is -1.16. The molecule has 0 saturated carbocycles. The summed E-state index contributed by atoms with van der Waals surface area (Å²) in [4.78, 5) is 37.1. The van der Waals surface area contributed by atoms with Crippen molar-refractivity contribution in [3.63, 3.8) is 0 Å². The van der Waals surface area contributed by atoms with E-state index in [1.807, 2.05) is 13.0 Å². The fourth-order valence-corrected chi connectivity index (χ4v) is 3.72. The topological polar surface area (TPSA) is 92.7 Å². The van der Waals surface area contributed by atoms with Gasteiger partial charge in [-0.2, -0.15) is 0 Å². The number of nitrogens with one attached hydrogen (secondary N) is 1. The Morgan fingerprint density at radius 2 is 1.65 bits per heavy atom. The van der Waals surface area contributed by atoms with E-state index in [0.29, 0.717) is 17.9 Å². The van der Waals surface area contributed by atoms with Crippen LogP contribution in [0.3, 0.4) is 0 Å². The molecule has 0 spiro atoms. The second kappa shape index (κ2) is 10.4. The summed E-state index contributed by atoms with van der Waals surface area (Å²) in [6, 6.07) is 20.1. The van der Waals surface area contributed by atoms with Gasteiger partial charge in [0.1, 0.15) is 5.75 Å². The van der Waals surface area contributed by atoms with Gasteiger partial charge in [-0.15, -0.1) is 11.8 Å². The van der Waals surface area contributed by atoms with Crippen molar-refractivity contribution < 1.29 is 24.2 Å². The first-order chi connectivity index (χ1) is 15.0. The number of thioether (sulfide) groups is 1. The standard InChI is InChI=1S/C24H21NO5S/c1-2-30-18-12-10-16(11-13-18)22(26)15-31-19-7-5-6-17(14-19)25-23(27)20-8-3-4-9-21(20)24(28)29/h3-14H,2,15H2,1H3,(H,25,27)(H,28,29). The summed E-state index contributed by atoms with van der Waals surface area (Å²) in [6.07, 6.45) is 0. The lowest BCUT2D eigenvalue weighted by Crippen LogP contribution is -2.16. The number of hydrogen-bond donors (Lipinski definition) is 2. The molecular formula is C24H21NO5S. The zero-order valence-corrected chi connectivity index (χ0v) is 17.6. The maximum atomic E-state index is 12.5. The predicted octanol–water partition coefficient (Wildman–Crippen LogP) is 5.01. The number of carboxylic acid groups (broad SMARTS) is 1. The maximum Gasteiger partial charge on any atom is 0.336 e. The van der Waals surface area contributed by atoms with E-state index < -0.39 is 11.9 Å². The van der Waals surface area contributed by atoms with Gasteiger partial charge >= 0.3 is 5.97 Å². The van der Waals surface area contributed by atoms with Crippen molar-refractivity contribution >= 4 is 35.1 Å². The molecule has 1 amide bonds. The first kappa shape index (κ1) is 22.1. The van der Waals surface area contributed by atoms with Gasteiger partial charge in [-0.1, -0.05) is 18.2 Å². The minimum absolute atomic E-state index is 0.0159. The van der Waals surface area contributed by atoms with Gasteiger partial charge in [-0.25, -0.2) is 4.79 Å². The lowest BCUT2D eigenvalue weighted by molar-refractivity contribution is 0.0692. The predicted molar refractivity (Wildman–Crippen MR) is 120 cm³/mol. The molecule has 2 N–H and O–H groups in total. The maximum absolute atomic E-state index is 12.5. The molecule has 3 aromatic carbocycles. The lowest BCUT2D eigenvalue weighted by atomic mass is 10.1. The van der Waals surface area contributed by atoms with Crippen LogP contribution < -0.4 is 10.1 Å². The highest BCUT2D eigenvalue weighted by Crippen LogP contribution is 2.24. The molecule has 0 heterocycles. The number of rotatable bonds is 9. The van der Waals surface area contributed by atoms with Crippen LogP contribution >= 0.6 is 11.8 Å². The molecule has 0 atom stereocenters. The van der Waals surface area contributed by atoms with E-state index in [4.69, 9.17) is 4.74 Å². The van der Waals surface area contributed by atoms with Crippen LogP contribution in [0.4, 0.5) is 5.69 Å². The van der Waals surface area contributed by atoms with E-state index in [2.05, 4.69) is 5.32 Å². The third-order valence-electron chi connectivity index (χ3n) is 4.35. The minimum Gasteiger partial charge on any atom is -0.494 e. The Hall–Kier alpha value is -3.58. The van der Waals surface area contributed by atoms with Crippen LogP contribution in [0.15, 0.2) is 77.7 Å². The fraction of sp³-hybridized carbons (Fsp3) is 0.125. The van der Waals surface area contributed by atoms with Gasteiger partial charge in [0.2, 0.25) is 0 Å². The highest BCUT2D eigenvalue weighted by molar-refractivity contribution is 8.00. The smallest absolute Gasteiger partial charge is 0.336 e. The Morgan fingerprint density at radius 1 is 0.935 bits per heavy atom. The van der Waals surface area contributed by atoms with Crippen molar-refractivity contribution in [1.82, 2.24) is 0 Å². The Morgan fingerprint density at radius 3 is 2.32 bits per heavy atom. The zero-order valence-electron chi connectivity index (χ0n) is 16.8. The van der Waals surface area contributed by atoms with Crippen molar-refractivity contribution in [3.8, 4) is 5.75 Å². The molecule has 0 bridgehead atoms. The molecule has 6 nitrogen and oxygen atoms in total. The van der Waals surface area contributed by atoms with Crippen LogP contribution in [0.1, 0.15) is 38.0 Å². The number of aromatic carboxylic acids is 1. The van der Waals surface area contributed by atoms with Gasteiger partial charge in [0.05, 0.1) is 23.5 Å². The number of benzene rings is 3. The van der Waals surface area contributed by atoms with Gasteiger partial charge in [0, 0.05) is 16.1 Å². The number of hydrogen-bond acceptors (Lipinski definition) is 5. The third kappa shape index (κ3) is 5.96. The molecule has 7 heteroatoms. The number of amides is 1. The van der Waals surface area contributed by atoms with Gasteiger partial charge in [0.25, 0.3) is 5.91 Å². The normalized spacial score (nSPS) is 10.4. The van der Waals surface area contributed by atoms with Crippen LogP contribution in [-0.2, 0) is 0 Å². The number of ether oxygens (including phenoxy) is 1. The molecule has 0 aliphatic rings. The largest absolute Gasteiger partial charge is 0.494 e. The Kier molecular flexibility index (Phi) is 7.45. The van der Waals surface area contributed by atoms with Crippen LogP contribution in [0, 0.1) is 0 Å². The average molecular weight is 436 g/mol. The van der Waals surface area contributed by atoms with E-state index in [1.165, 1.54) is 23.9 Å². The number of carbonyl (C=O) groups is 3. The molecule has 0 aliphatic carbocycles. The van der Waals surface area contributed by atoms with Crippen molar-refractivity contribution in [1.29, 1.82) is 0 Å². The van der Waals surface area contributed by atoms with E-state index in [0.717, 1.165) is 10.6 Å². The molecule has 158 valence electrons. The molecule has 0 aromatic heterocycles. The summed E-state index contributed by atoms with van der Waals surface area (Å²) in [5, 5.41) is 12.0. The molecule has 31 heavy (non-hydrogen) atoms. The number of carboxylic acids is 1. The number of ketones is 1. The molecular weight excluding hydrogens is 414 g/mol. The van der Waals surface area contributed by atoms with E-state index in [9.17, 15) is 19.5 Å². The quantitative estimate of drug-likeness (QED) is 0.363. The highest BCUT2D eigenvalue weighted by atomic mass is 32.2. The summed E-state index contributed by atoms with van der Waals surface area (Å²) in [6.45, 7) is 2.47. The molecule has 3 rings (SSSR count). The summed E-state index contributed by atoms with van der Waals surface area (Å²) < 4.78 is 5.38. The zero-order chi connectivity index (χ0) is 22.2. The van der Waals surface area contributed by atoms with E-state index >= 15 is 0 Å². The third-order valence-corrected chi connectivity index (χ3v) is 5.35. The van der Waals surface area contributed by atoms with Crippen molar-refractivity contribution in [3.05, 3.63) is 89.5 Å². The lowest BCUT2D eigenvalue weighted by Gasteiger charge is -2.09. The fourth-order valence-electron chi connectivity index (χ4n) is 2.87. The van der Waals surface area contributed by atoms with Crippen LogP contribution in [0.5, 0.6) is 5.75 Å². The number of carbonyl (C=O) groups excluding carboxylic acids is 2. The second-order valence-corrected chi connectivity index (χ2v) is 7.55. The molecule has 3 aromatic rings. The molecule has 0 unspecified atom stereocenters. The molecule has 0 saturated heterocycles. The van der Waals surface area contributed by atoms with Gasteiger partial charge in [-0.05, 0) is 61.5 Å². The summed E-state index contributed by atoms with van der Waals surface area (Å²) >= 11 is 1.36. The number of anilines is 1. The summed E-state index contributed by atoms with van der Waals surface area (Å²) in [7, 11) is 0. The average Bonchev–Trinajstić information content (AvgIpc) is 2.78. The SMILES string of the molecule is CCOc1ccc(C(=O)CSc2cccc(NC(=O)c3ccccc3C(=O)O)c2)cc1. The van der Waals surface area contributed by atoms with Gasteiger partial charge in [-0.3, -0.25) is 9.59 Å². The summed E-state index contributed by atoms with van der Waals surface area (Å²) in [5.74, 6) is -0.723. The Bertz CT molecular complexity index is 1100. The van der Waals surface area contributed by atoms with E-state index in [-0.39, 0.29) is 22.7 Å². The van der Waals surface area contributed by atoms with Gasteiger partial charge in [0.15, 0.2) is 5.78 Å². The first-order valence-corrected chi connectivity index (χ1v) is 10.6. The molecule has 0 fully saturated rings. The second-order valence-electron chi connectivity index (χ2n) is 6.50. The van der Waals surface area contributed by atoms with Gasteiger partial charge < -0.3 is 15.2 Å². The Labute approximate surface area is 184 Å². The Balaban J connectivity index is 1.63. The van der Waals surface area contributed by atoms with Crippen LogP contribution in [0.25, 0.3) is 0 Å². The first-order valence-electron chi connectivity index (χ1n) is 9.60. The van der Waals surface area contributed by atoms with Crippen molar-refractivity contribution in [2.24, 2.45) is 0 Å². The molecule has 0 aliphatic heterocycles. The van der Waals surface area contributed by atoms with Crippen molar-refractivity contribution in [2.45, 2.75) is 11.8 Å². The summed E-state index contributed by atoms with van der Waals surface area (Å²) in [5.41, 5.74) is 1.14. The monoisotopic (exact) mass is 435 g/mol. The number of Topliss-reactive ketones (excluding diaryl/α,β-unsaturated/α-hetero) is 1.